The molecule has 1 aromatic rings. The van der Waals surface area contributed by atoms with Gasteiger partial charge in [-0.15, -0.1) is 11.8 Å². The first-order valence-corrected chi connectivity index (χ1v) is 9.21. The minimum Gasteiger partial charge on any atom is -0.372 e. The molecule has 3 atom stereocenters. The first kappa shape index (κ1) is 16.5. The number of ether oxygens (including phenoxy) is 1. The highest BCUT2D eigenvalue weighted by Gasteiger charge is 2.23. The van der Waals surface area contributed by atoms with E-state index in [1.54, 1.807) is 11.8 Å². The highest BCUT2D eigenvalue weighted by Crippen LogP contribution is 2.18. The molecule has 7 heteroatoms. The second kappa shape index (κ2) is 7.51. The Labute approximate surface area is 141 Å². The number of nitrogens with zero attached hydrogens (tertiary/aromatic N) is 2. The van der Waals surface area contributed by atoms with Gasteiger partial charge in [0.15, 0.2) is 0 Å². The van der Waals surface area contributed by atoms with E-state index in [1.165, 1.54) is 0 Å². The largest absolute Gasteiger partial charge is 0.372 e. The van der Waals surface area contributed by atoms with Crippen molar-refractivity contribution in [3.63, 3.8) is 0 Å². The van der Waals surface area contributed by atoms with Crippen LogP contribution in [-0.2, 0) is 16.1 Å². The molecule has 0 radical (unpaired) electrons. The van der Waals surface area contributed by atoms with Crippen LogP contribution >= 0.6 is 11.8 Å². The molecular weight excluding hydrogens is 312 g/mol. The van der Waals surface area contributed by atoms with Gasteiger partial charge in [0.2, 0.25) is 5.91 Å². The summed E-state index contributed by atoms with van der Waals surface area (Å²) in [7, 11) is 0. The van der Waals surface area contributed by atoms with E-state index in [2.05, 4.69) is 34.4 Å². The topological polar surface area (TPSA) is 66.5 Å². The Bertz CT molecular complexity index is 523. The van der Waals surface area contributed by atoms with Crippen molar-refractivity contribution in [1.82, 2.24) is 15.6 Å². The highest BCUT2D eigenvalue weighted by atomic mass is 32.2. The van der Waals surface area contributed by atoms with Gasteiger partial charge in [0.1, 0.15) is 5.82 Å². The molecule has 0 spiro atoms. The molecule has 6 nitrogen and oxygen atoms in total. The number of carbonyl (C=O) groups excluding carboxylic acids is 1. The van der Waals surface area contributed by atoms with E-state index in [0.717, 1.165) is 36.1 Å². The SMILES string of the molecule is CC1CN(c2ccc(CNC(=O)C3CSCN3)cn2)CC(C)O1. The standard InChI is InChI=1S/C16H24N4O2S/c1-11-7-20(8-12(2)22-11)15-4-3-13(5-17-15)6-18-16(21)14-9-23-10-19-14/h3-5,11-12,14,19H,6-10H2,1-2H3,(H,18,21). The summed E-state index contributed by atoms with van der Waals surface area (Å²) >= 11 is 1.75. The summed E-state index contributed by atoms with van der Waals surface area (Å²) in [6.45, 7) is 6.41. The number of hydrogen-bond donors (Lipinski definition) is 2. The lowest BCUT2D eigenvalue weighted by Crippen LogP contribution is -2.45. The molecule has 2 aliphatic rings. The van der Waals surface area contributed by atoms with Crippen molar-refractivity contribution < 1.29 is 9.53 Å². The fourth-order valence-corrected chi connectivity index (χ4v) is 3.89. The van der Waals surface area contributed by atoms with Gasteiger partial charge in [0.25, 0.3) is 0 Å². The molecule has 3 heterocycles. The lowest BCUT2D eigenvalue weighted by atomic mass is 10.2. The van der Waals surface area contributed by atoms with Crippen molar-refractivity contribution in [2.75, 3.05) is 29.6 Å². The second-order valence-corrected chi connectivity index (χ2v) is 7.21. The van der Waals surface area contributed by atoms with E-state index in [9.17, 15) is 4.79 Å². The zero-order chi connectivity index (χ0) is 16.2. The minimum atomic E-state index is -0.0662. The number of morpholine rings is 1. The summed E-state index contributed by atoms with van der Waals surface area (Å²) in [6, 6.07) is 3.99. The van der Waals surface area contributed by atoms with Crippen LogP contribution in [0.5, 0.6) is 0 Å². The number of thioether (sulfide) groups is 1. The van der Waals surface area contributed by atoms with Crippen molar-refractivity contribution in [3.8, 4) is 0 Å². The first-order chi connectivity index (χ1) is 11.1. The zero-order valence-electron chi connectivity index (χ0n) is 13.6. The first-order valence-electron chi connectivity index (χ1n) is 8.06. The maximum Gasteiger partial charge on any atom is 0.238 e. The average Bonchev–Trinajstić information content (AvgIpc) is 3.07. The molecule has 3 unspecified atom stereocenters. The van der Waals surface area contributed by atoms with Crippen molar-refractivity contribution in [3.05, 3.63) is 23.9 Å². The maximum atomic E-state index is 12.0. The fourth-order valence-electron chi connectivity index (χ4n) is 2.95. The summed E-state index contributed by atoms with van der Waals surface area (Å²) in [5, 5.41) is 6.14. The van der Waals surface area contributed by atoms with Gasteiger partial charge in [0, 0.05) is 37.5 Å². The van der Waals surface area contributed by atoms with E-state index in [0.29, 0.717) is 6.54 Å². The number of carbonyl (C=O) groups is 1. The summed E-state index contributed by atoms with van der Waals surface area (Å²) in [5.74, 6) is 2.73. The fraction of sp³-hybridized carbons (Fsp3) is 0.625. The van der Waals surface area contributed by atoms with Crippen LogP contribution in [0.2, 0.25) is 0 Å². The van der Waals surface area contributed by atoms with Crippen molar-refractivity contribution >= 4 is 23.5 Å². The van der Waals surface area contributed by atoms with E-state index in [1.807, 2.05) is 18.3 Å². The lowest BCUT2D eigenvalue weighted by molar-refractivity contribution is -0.122. The smallest absolute Gasteiger partial charge is 0.238 e. The van der Waals surface area contributed by atoms with Gasteiger partial charge in [-0.2, -0.15) is 0 Å². The predicted molar refractivity (Wildman–Crippen MR) is 92.6 cm³/mol. The molecule has 126 valence electrons. The number of anilines is 1. The summed E-state index contributed by atoms with van der Waals surface area (Å²) in [5.41, 5.74) is 1.02. The molecular formula is C16H24N4O2S. The molecule has 2 saturated heterocycles. The monoisotopic (exact) mass is 336 g/mol. The predicted octanol–water partition coefficient (Wildman–Crippen LogP) is 0.974. The summed E-state index contributed by atoms with van der Waals surface area (Å²) in [6.07, 6.45) is 2.28. The van der Waals surface area contributed by atoms with E-state index in [4.69, 9.17) is 4.74 Å². The normalized spacial score (nSPS) is 27.9. The molecule has 3 rings (SSSR count). The third-order valence-electron chi connectivity index (χ3n) is 4.05. The van der Waals surface area contributed by atoms with Crippen LogP contribution in [0.3, 0.4) is 0 Å². The Morgan fingerprint density at radius 2 is 2.22 bits per heavy atom. The molecule has 1 amide bonds. The van der Waals surface area contributed by atoms with Crippen LogP contribution in [-0.4, -0.2) is 53.9 Å². The molecule has 2 N–H and O–H groups in total. The van der Waals surface area contributed by atoms with Gasteiger partial charge in [0.05, 0.1) is 18.2 Å². The molecule has 2 fully saturated rings. The van der Waals surface area contributed by atoms with E-state index < -0.39 is 0 Å². The highest BCUT2D eigenvalue weighted by molar-refractivity contribution is 7.99. The average molecular weight is 336 g/mol. The Balaban J connectivity index is 1.53. The second-order valence-electron chi connectivity index (χ2n) is 6.18. The van der Waals surface area contributed by atoms with Crippen molar-refractivity contribution in [1.29, 1.82) is 0 Å². The van der Waals surface area contributed by atoms with Gasteiger partial charge in [-0.05, 0) is 25.5 Å². The van der Waals surface area contributed by atoms with Crippen LogP contribution in [0.4, 0.5) is 5.82 Å². The Morgan fingerprint density at radius 1 is 1.43 bits per heavy atom. The van der Waals surface area contributed by atoms with Gasteiger partial charge in [-0.1, -0.05) is 6.07 Å². The van der Waals surface area contributed by atoms with E-state index in [-0.39, 0.29) is 24.2 Å². The number of nitrogens with one attached hydrogen (secondary N) is 2. The third kappa shape index (κ3) is 4.37. The Kier molecular flexibility index (Phi) is 5.40. The molecule has 1 aromatic heterocycles. The van der Waals surface area contributed by atoms with Gasteiger partial charge in [-0.3, -0.25) is 10.1 Å². The number of pyridine rings is 1. The van der Waals surface area contributed by atoms with Gasteiger partial charge < -0.3 is 15.0 Å². The third-order valence-corrected chi connectivity index (χ3v) is 4.99. The quantitative estimate of drug-likeness (QED) is 0.854. The van der Waals surface area contributed by atoms with E-state index >= 15 is 0 Å². The van der Waals surface area contributed by atoms with Gasteiger partial charge >= 0.3 is 0 Å². The van der Waals surface area contributed by atoms with Crippen LogP contribution in [0.15, 0.2) is 18.3 Å². The number of amides is 1. The molecule has 2 aliphatic heterocycles. The molecule has 0 aliphatic carbocycles. The molecule has 23 heavy (non-hydrogen) atoms. The maximum absolute atomic E-state index is 12.0. The van der Waals surface area contributed by atoms with Crippen LogP contribution in [0.25, 0.3) is 0 Å². The van der Waals surface area contributed by atoms with Gasteiger partial charge in [-0.25, -0.2) is 4.98 Å². The summed E-state index contributed by atoms with van der Waals surface area (Å²) < 4.78 is 5.75. The lowest BCUT2D eigenvalue weighted by Gasteiger charge is -2.36. The number of aromatic nitrogens is 1. The number of rotatable bonds is 4. The van der Waals surface area contributed by atoms with Crippen LogP contribution in [0, 0.1) is 0 Å². The molecule has 0 bridgehead atoms. The molecule has 0 aromatic carbocycles. The number of hydrogen-bond acceptors (Lipinski definition) is 6. The molecule has 0 saturated carbocycles. The van der Waals surface area contributed by atoms with Crippen LogP contribution < -0.4 is 15.5 Å². The summed E-state index contributed by atoms with van der Waals surface area (Å²) in [4.78, 5) is 18.8. The Morgan fingerprint density at radius 3 is 2.83 bits per heavy atom. The zero-order valence-corrected chi connectivity index (χ0v) is 14.4. The van der Waals surface area contributed by atoms with Crippen molar-refractivity contribution in [2.45, 2.75) is 38.6 Å². The van der Waals surface area contributed by atoms with Crippen LogP contribution in [0.1, 0.15) is 19.4 Å². The minimum absolute atomic E-state index is 0.0647. The Hall–Kier alpha value is -1.31. The van der Waals surface area contributed by atoms with Crippen molar-refractivity contribution in [2.24, 2.45) is 0 Å².